The van der Waals surface area contributed by atoms with Crippen molar-refractivity contribution >= 4 is 24.2 Å². The number of halogens is 1. The number of imide groups is 1. The second kappa shape index (κ2) is 2.80. The molecular weight excluding hydrogens is 144 g/mol. The zero-order valence-electron chi connectivity index (χ0n) is 4.59. The standard InChI is InChI=1S/C4H6N2O2.ClH/c5-2-1-3(7)6-4(2)8;/h2H,1,5H2,(H,6,7,8);1H. The van der Waals surface area contributed by atoms with Crippen LogP contribution in [-0.2, 0) is 9.59 Å². The van der Waals surface area contributed by atoms with Crippen molar-refractivity contribution in [1.29, 1.82) is 0 Å². The van der Waals surface area contributed by atoms with Crippen molar-refractivity contribution in [2.75, 3.05) is 0 Å². The smallest absolute Gasteiger partial charge is 0.243 e. The largest absolute Gasteiger partial charge is 0.319 e. The normalized spacial score (nSPS) is 25.2. The Morgan fingerprint density at radius 3 is 2.22 bits per heavy atom. The fourth-order valence-electron chi connectivity index (χ4n) is 0.574. The lowest BCUT2D eigenvalue weighted by molar-refractivity contribution is -0.125. The van der Waals surface area contributed by atoms with Crippen molar-refractivity contribution in [2.24, 2.45) is 5.73 Å². The van der Waals surface area contributed by atoms with Gasteiger partial charge in [-0.05, 0) is 0 Å². The van der Waals surface area contributed by atoms with Gasteiger partial charge in [-0.1, -0.05) is 0 Å². The van der Waals surface area contributed by atoms with Gasteiger partial charge in [0.1, 0.15) is 0 Å². The molecule has 3 N–H and O–H groups in total. The topological polar surface area (TPSA) is 72.2 Å². The van der Waals surface area contributed by atoms with Crippen LogP contribution in [-0.4, -0.2) is 17.9 Å². The lowest BCUT2D eigenvalue weighted by atomic mass is 10.3. The summed E-state index contributed by atoms with van der Waals surface area (Å²) in [6, 6.07) is -0.609. The SMILES string of the molecule is Cl.NC1CC(=O)NC1=O. The van der Waals surface area contributed by atoms with Gasteiger partial charge in [-0.2, -0.15) is 0 Å². The van der Waals surface area contributed by atoms with E-state index < -0.39 is 6.04 Å². The fraction of sp³-hybridized carbons (Fsp3) is 0.500. The molecule has 0 aromatic carbocycles. The van der Waals surface area contributed by atoms with Crippen molar-refractivity contribution in [1.82, 2.24) is 5.32 Å². The predicted molar refractivity (Wildman–Crippen MR) is 33.0 cm³/mol. The van der Waals surface area contributed by atoms with E-state index in [4.69, 9.17) is 5.73 Å². The Hall–Kier alpha value is -0.610. The second-order valence-corrected chi connectivity index (χ2v) is 1.72. The molecule has 9 heavy (non-hydrogen) atoms. The minimum atomic E-state index is -0.609. The van der Waals surface area contributed by atoms with Crippen LogP contribution >= 0.6 is 12.4 Å². The molecule has 1 atom stereocenters. The summed E-state index contributed by atoms with van der Waals surface area (Å²) in [6.07, 6.45) is 0.138. The van der Waals surface area contributed by atoms with Crippen LogP contribution < -0.4 is 11.1 Å². The Bertz CT molecular complexity index is 148. The first-order chi connectivity index (χ1) is 3.70. The average molecular weight is 151 g/mol. The Labute approximate surface area is 58.2 Å². The van der Waals surface area contributed by atoms with Gasteiger partial charge in [-0.3, -0.25) is 14.9 Å². The molecule has 0 aliphatic carbocycles. The number of carbonyl (C=O) groups excluding carboxylic acids is 2. The zero-order valence-corrected chi connectivity index (χ0v) is 5.40. The van der Waals surface area contributed by atoms with Crippen molar-refractivity contribution < 1.29 is 9.59 Å². The number of amides is 2. The Balaban J connectivity index is 0.000000640. The third kappa shape index (κ3) is 1.65. The van der Waals surface area contributed by atoms with Crippen LogP contribution in [0.4, 0.5) is 0 Å². The Kier molecular flexibility index (Phi) is 2.61. The molecule has 0 saturated carbocycles. The van der Waals surface area contributed by atoms with Crippen LogP contribution in [0.3, 0.4) is 0 Å². The molecule has 1 saturated heterocycles. The highest BCUT2D eigenvalue weighted by atomic mass is 35.5. The molecule has 5 heteroatoms. The van der Waals surface area contributed by atoms with Gasteiger partial charge in [-0.15, -0.1) is 12.4 Å². The molecule has 0 radical (unpaired) electrons. The highest BCUT2D eigenvalue weighted by Gasteiger charge is 2.26. The quantitative estimate of drug-likeness (QED) is 0.426. The van der Waals surface area contributed by atoms with Gasteiger partial charge >= 0.3 is 0 Å². The van der Waals surface area contributed by atoms with Gasteiger partial charge in [0.25, 0.3) is 0 Å². The Morgan fingerprint density at radius 2 is 2.11 bits per heavy atom. The number of nitrogens with two attached hydrogens (primary N) is 1. The van der Waals surface area contributed by atoms with Crippen LogP contribution in [0.1, 0.15) is 6.42 Å². The molecule has 0 bridgehead atoms. The van der Waals surface area contributed by atoms with Crippen molar-refractivity contribution in [2.45, 2.75) is 12.5 Å². The monoisotopic (exact) mass is 150 g/mol. The molecular formula is C4H7ClN2O2. The maximum atomic E-state index is 10.3. The molecule has 0 aromatic heterocycles. The van der Waals surface area contributed by atoms with E-state index in [2.05, 4.69) is 5.32 Å². The maximum absolute atomic E-state index is 10.3. The highest BCUT2D eigenvalue weighted by molar-refractivity contribution is 6.05. The summed E-state index contributed by atoms with van der Waals surface area (Å²) >= 11 is 0. The van der Waals surface area contributed by atoms with Crippen molar-refractivity contribution in [3.8, 4) is 0 Å². The highest BCUT2D eigenvalue weighted by Crippen LogP contribution is 1.95. The van der Waals surface area contributed by atoms with E-state index in [0.29, 0.717) is 0 Å². The van der Waals surface area contributed by atoms with E-state index in [9.17, 15) is 9.59 Å². The minimum Gasteiger partial charge on any atom is -0.319 e. The molecule has 2 amide bonds. The number of nitrogens with one attached hydrogen (secondary N) is 1. The number of hydrogen-bond donors (Lipinski definition) is 2. The molecule has 0 aromatic rings. The number of hydrogen-bond acceptors (Lipinski definition) is 3. The predicted octanol–water partition coefficient (Wildman–Crippen LogP) is -1.22. The summed E-state index contributed by atoms with van der Waals surface area (Å²) in [5.74, 6) is -0.641. The summed E-state index contributed by atoms with van der Waals surface area (Å²) in [6.45, 7) is 0. The van der Waals surface area contributed by atoms with Crippen LogP contribution in [0, 0.1) is 0 Å². The van der Waals surface area contributed by atoms with E-state index in [-0.39, 0.29) is 30.6 Å². The average Bonchev–Trinajstić information content (AvgIpc) is 1.85. The van der Waals surface area contributed by atoms with E-state index in [1.54, 1.807) is 0 Å². The van der Waals surface area contributed by atoms with Gasteiger partial charge in [0, 0.05) is 0 Å². The van der Waals surface area contributed by atoms with E-state index in [1.165, 1.54) is 0 Å². The summed E-state index contributed by atoms with van der Waals surface area (Å²) in [7, 11) is 0. The van der Waals surface area contributed by atoms with E-state index in [0.717, 1.165) is 0 Å². The minimum absolute atomic E-state index is 0. The maximum Gasteiger partial charge on any atom is 0.243 e. The van der Waals surface area contributed by atoms with E-state index >= 15 is 0 Å². The van der Waals surface area contributed by atoms with Crippen LogP contribution in [0.2, 0.25) is 0 Å². The summed E-state index contributed by atoms with van der Waals surface area (Å²) in [4.78, 5) is 20.6. The van der Waals surface area contributed by atoms with Gasteiger partial charge in [-0.25, -0.2) is 0 Å². The number of rotatable bonds is 0. The van der Waals surface area contributed by atoms with Crippen LogP contribution in [0.5, 0.6) is 0 Å². The first-order valence-corrected chi connectivity index (χ1v) is 2.29. The molecule has 4 nitrogen and oxygen atoms in total. The third-order valence-corrected chi connectivity index (χ3v) is 1.00. The molecule has 0 spiro atoms. The summed E-state index contributed by atoms with van der Waals surface area (Å²) in [5, 5.41) is 2.06. The third-order valence-electron chi connectivity index (χ3n) is 1.00. The number of carbonyl (C=O) groups is 2. The molecule has 1 rings (SSSR count). The lowest BCUT2D eigenvalue weighted by Crippen LogP contribution is -2.30. The van der Waals surface area contributed by atoms with Gasteiger partial charge < -0.3 is 5.73 Å². The van der Waals surface area contributed by atoms with Crippen molar-refractivity contribution in [3.63, 3.8) is 0 Å². The summed E-state index contributed by atoms with van der Waals surface area (Å²) < 4.78 is 0. The molecule has 1 unspecified atom stereocenters. The molecule has 52 valence electrons. The van der Waals surface area contributed by atoms with Gasteiger partial charge in [0.2, 0.25) is 11.8 Å². The van der Waals surface area contributed by atoms with Crippen molar-refractivity contribution in [3.05, 3.63) is 0 Å². The molecule has 1 fully saturated rings. The fourth-order valence-corrected chi connectivity index (χ4v) is 0.574. The van der Waals surface area contributed by atoms with E-state index in [1.807, 2.05) is 0 Å². The molecule has 1 aliphatic rings. The lowest BCUT2D eigenvalue weighted by Gasteiger charge is -1.89. The second-order valence-electron chi connectivity index (χ2n) is 1.72. The summed E-state index contributed by atoms with van der Waals surface area (Å²) in [5.41, 5.74) is 5.14. The van der Waals surface area contributed by atoms with Gasteiger partial charge in [0.15, 0.2) is 0 Å². The van der Waals surface area contributed by atoms with Crippen LogP contribution in [0.15, 0.2) is 0 Å². The molecule has 1 heterocycles. The molecule has 1 aliphatic heterocycles. The zero-order chi connectivity index (χ0) is 6.15. The first-order valence-electron chi connectivity index (χ1n) is 2.29. The van der Waals surface area contributed by atoms with Gasteiger partial charge in [0.05, 0.1) is 12.5 Å². The van der Waals surface area contributed by atoms with Crippen LogP contribution in [0.25, 0.3) is 0 Å². The first kappa shape index (κ1) is 8.39. The Morgan fingerprint density at radius 1 is 1.56 bits per heavy atom.